The highest BCUT2D eigenvalue weighted by Gasteiger charge is 2.54. The molecule has 3 fully saturated rings. The van der Waals surface area contributed by atoms with Crippen LogP contribution in [0.25, 0.3) is 10.1 Å². The van der Waals surface area contributed by atoms with Gasteiger partial charge in [0.05, 0.1) is 35.8 Å². The number of aromatic nitrogens is 1. The first-order valence-electron chi connectivity index (χ1n) is 10.3. The maximum Gasteiger partial charge on any atom is 0.115 e. The fraction of sp³-hybridized carbons (Fsp3) is 0.650. The Bertz CT molecular complexity index is 976. The summed E-state index contributed by atoms with van der Waals surface area (Å²) in [5.74, 6) is 1.35. The molecule has 1 saturated carbocycles. The standard InChI is InChI=1S/C20H27N3O3S2/c24-28(25,26)13-15-10-21-8-9-23(15)11-14-4-3-6-16(18(14)12-23)20-17-5-1-2-7-19(17)27-22-20/h1-2,5,7,14-16,18,21H,3-4,6,8-13H2/t14-,15?,16?,18+,23?/m0/s1. The number of piperazine rings is 1. The van der Waals surface area contributed by atoms with Gasteiger partial charge in [-0.15, -0.1) is 0 Å². The number of nitrogens with zero attached hydrogens (tertiary/aromatic N) is 2. The maximum atomic E-state index is 11.5. The van der Waals surface area contributed by atoms with Gasteiger partial charge in [-0.1, -0.05) is 24.6 Å². The molecule has 1 N–H and O–H groups in total. The van der Waals surface area contributed by atoms with Gasteiger partial charge in [-0.05, 0) is 30.4 Å². The molecule has 1 aromatic heterocycles. The average molecular weight is 422 g/mol. The molecule has 0 bridgehead atoms. The molecule has 2 aliphatic heterocycles. The fourth-order valence-electron chi connectivity index (χ4n) is 6.21. The minimum absolute atomic E-state index is 0.116. The minimum atomic E-state index is -4.22. The lowest BCUT2D eigenvalue weighted by atomic mass is 9.72. The number of benzene rings is 1. The molecule has 0 amide bonds. The van der Waals surface area contributed by atoms with E-state index in [0.717, 1.165) is 37.1 Å². The molecule has 6 nitrogen and oxygen atoms in total. The summed E-state index contributed by atoms with van der Waals surface area (Å²) in [4.78, 5) is 0. The summed E-state index contributed by atoms with van der Waals surface area (Å²) in [7, 11) is -4.22. The van der Waals surface area contributed by atoms with Crippen molar-refractivity contribution in [1.82, 2.24) is 9.69 Å². The summed E-state index contributed by atoms with van der Waals surface area (Å²) in [6.07, 6.45) is 3.59. The van der Waals surface area contributed by atoms with Crippen LogP contribution in [0.5, 0.6) is 0 Å². The molecular weight excluding hydrogens is 394 g/mol. The van der Waals surface area contributed by atoms with Crippen molar-refractivity contribution in [2.24, 2.45) is 11.8 Å². The molecule has 8 heteroatoms. The van der Waals surface area contributed by atoms with Gasteiger partial charge in [-0.3, -0.25) is 0 Å². The molecule has 1 aromatic carbocycles. The van der Waals surface area contributed by atoms with Gasteiger partial charge >= 0.3 is 0 Å². The molecule has 0 radical (unpaired) electrons. The van der Waals surface area contributed by atoms with E-state index in [-0.39, 0.29) is 11.8 Å². The molecule has 2 saturated heterocycles. The molecular formula is C20H27N3O3S2. The molecule has 152 valence electrons. The lowest BCUT2D eigenvalue weighted by Crippen LogP contribution is -2.65. The predicted octanol–water partition coefficient (Wildman–Crippen LogP) is 2.14. The van der Waals surface area contributed by atoms with Gasteiger partial charge in [0.25, 0.3) is 0 Å². The molecule has 2 aromatic rings. The highest BCUT2D eigenvalue weighted by Crippen LogP contribution is 2.49. The number of nitrogens with one attached hydrogen (secondary N) is 1. The monoisotopic (exact) mass is 421 g/mol. The SMILES string of the molecule is O=S(=O)([O-])CC1CNCC[N+]12C[C@@H]1CCCC(c3nsc4ccccc34)[C@@H]1C2. The Morgan fingerprint density at radius 3 is 2.96 bits per heavy atom. The first-order chi connectivity index (χ1) is 13.5. The predicted molar refractivity (Wildman–Crippen MR) is 109 cm³/mol. The van der Waals surface area contributed by atoms with Crippen molar-refractivity contribution in [2.75, 3.05) is 38.5 Å². The van der Waals surface area contributed by atoms with Gasteiger partial charge in [0, 0.05) is 36.2 Å². The summed E-state index contributed by atoms with van der Waals surface area (Å²) >= 11 is 1.59. The van der Waals surface area contributed by atoms with Crippen LogP contribution in [-0.2, 0) is 10.1 Å². The van der Waals surface area contributed by atoms with Gasteiger partial charge in [-0.25, -0.2) is 8.42 Å². The normalized spacial score (nSPS) is 36.0. The van der Waals surface area contributed by atoms with Crippen LogP contribution < -0.4 is 5.32 Å². The van der Waals surface area contributed by atoms with Crippen LogP contribution in [-0.4, -0.2) is 66.3 Å². The highest BCUT2D eigenvalue weighted by atomic mass is 32.2. The molecule has 1 aliphatic carbocycles. The zero-order chi connectivity index (χ0) is 19.4. The number of rotatable bonds is 3. The number of hydrogen-bond donors (Lipinski definition) is 1. The van der Waals surface area contributed by atoms with Gasteiger partial charge in [-0.2, -0.15) is 4.37 Å². The Morgan fingerprint density at radius 1 is 1.25 bits per heavy atom. The molecule has 5 atom stereocenters. The molecule has 3 unspecified atom stereocenters. The number of quaternary nitrogens is 1. The van der Waals surface area contributed by atoms with Crippen molar-refractivity contribution in [3.05, 3.63) is 30.0 Å². The van der Waals surface area contributed by atoms with Gasteiger partial charge in [0.15, 0.2) is 0 Å². The van der Waals surface area contributed by atoms with E-state index in [9.17, 15) is 13.0 Å². The van der Waals surface area contributed by atoms with E-state index in [1.54, 1.807) is 11.5 Å². The van der Waals surface area contributed by atoms with Crippen LogP contribution in [0.2, 0.25) is 0 Å². The first-order valence-corrected chi connectivity index (χ1v) is 12.6. The van der Waals surface area contributed by atoms with Crippen molar-refractivity contribution in [1.29, 1.82) is 0 Å². The maximum absolute atomic E-state index is 11.5. The second-order valence-corrected chi connectivity index (χ2v) is 11.2. The van der Waals surface area contributed by atoms with E-state index in [1.165, 1.54) is 28.6 Å². The molecule has 3 aliphatic rings. The van der Waals surface area contributed by atoms with Gasteiger partial charge in [0.1, 0.15) is 16.2 Å². The Hall–Kier alpha value is -1.06. The summed E-state index contributed by atoms with van der Waals surface area (Å²) in [6, 6.07) is 8.38. The van der Waals surface area contributed by atoms with Crippen LogP contribution in [0.3, 0.4) is 0 Å². The van der Waals surface area contributed by atoms with Crippen molar-refractivity contribution in [3.8, 4) is 0 Å². The van der Waals surface area contributed by atoms with Gasteiger partial charge < -0.3 is 14.4 Å². The lowest BCUT2D eigenvalue weighted by Gasteiger charge is -2.46. The third kappa shape index (κ3) is 3.29. The summed E-state index contributed by atoms with van der Waals surface area (Å²) < 4.78 is 41.6. The Kier molecular flexibility index (Phi) is 4.75. The smallest absolute Gasteiger partial charge is 0.115 e. The molecule has 1 spiro atoms. The Morgan fingerprint density at radius 2 is 2.11 bits per heavy atom. The molecule has 28 heavy (non-hydrogen) atoms. The van der Waals surface area contributed by atoms with Crippen LogP contribution >= 0.6 is 11.5 Å². The summed E-state index contributed by atoms with van der Waals surface area (Å²) in [6.45, 7) is 4.47. The van der Waals surface area contributed by atoms with E-state index in [2.05, 4.69) is 29.6 Å². The first kappa shape index (κ1) is 18.9. The second-order valence-electron chi connectivity index (χ2n) is 8.91. The van der Waals surface area contributed by atoms with Crippen LogP contribution in [0.4, 0.5) is 0 Å². The molecule has 3 heterocycles. The second kappa shape index (κ2) is 7.02. The van der Waals surface area contributed by atoms with Crippen LogP contribution in [0.15, 0.2) is 24.3 Å². The minimum Gasteiger partial charge on any atom is -0.748 e. The van der Waals surface area contributed by atoms with Crippen molar-refractivity contribution in [3.63, 3.8) is 0 Å². The van der Waals surface area contributed by atoms with Crippen molar-refractivity contribution < 1.29 is 17.5 Å². The fourth-order valence-corrected chi connectivity index (χ4v) is 7.96. The van der Waals surface area contributed by atoms with Crippen molar-refractivity contribution >= 4 is 31.7 Å². The third-order valence-corrected chi connectivity index (χ3v) is 9.06. The van der Waals surface area contributed by atoms with E-state index in [0.29, 0.717) is 24.3 Å². The topological polar surface area (TPSA) is 82.1 Å². The highest BCUT2D eigenvalue weighted by molar-refractivity contribution is 7.85. The Labute approximate surface area is 170 Å². The number of fused-ring (bicyclic) bond motifs is 2. The Balaban J connectivity index is 1.47. The quantitative estimate of drug-likeness (QED) is 0.607. The van der Waals surface area contributed by atoms with E-state index in [1.807, 2.05) is 0 Å². The van der Waals surface area contributed by atoms with E-state index < -0.39 is 10.1 Å². The van der Waals surface area contributed by atoms with E-state index in [4.69, 9.17) is 4.37 Å². The molecule has 5 rings (SSSR count). The zero-order valence-corrected chi connectivity index (χ0v) is 17.6. The summed E-state index contributed by atoms with van der Waals surface area (Å²) in [5.41, 5.74) is 1.25. The largest absolute Gasteiger partial charge is 0.748 e. The van der Waals surface area contributed by atoms with Crippen molar-refractivity contribution in [2.45, 2.75) is 31.2 Å². The van der Waals surface area contributed by atoms with Crippen LogP contribution in [0, 0.1) is 11.8 Å². The van der Waals surface area contributed by atoms with E-state index >= 15 is 0 Å². The average Bonchev–Trinajstić information content (AvgIpc) is 3.24. The van der Waals surface area contributed by atoms with Crippen LogP contribution in [0.1, 0.15) is 30.9 Å². The van der Waals surface area contributed by atoms with Gasteiger partial charge in [0.2, 0.25) is 0 Å². The zero-order valence-electron chi connectivity index (χ0n) is 15.9. The summed E-state index contributed by atoms with van der Waals surface area (Å²) in [5, 5.41) is 4.61. The third-order valence-electron chi connectivity index (χ3n) is 7.43. The lowest BCUT2D eigenvalue weighted by molar-refractivity contribution is -0.942. The number of hydrogen-bond acceptors (Lipinski definition) is 6.